The van der Waals surface area contributed by atoms with Crippen molar-refractivity contribution in [3.8, 4) is 16.8 Å². The van der Waals surface area contributed by atoms with E-state index in [2.05, 4.69) is 16.0 Å². The standard InChI is InChI=1S/C25H24N4O3/c1-17(30)18-5-6-24-23(13-18)27-16-29(24)22-4-2-3-19(12-22)20-11-21(15-26-14-20)25(31)28-7-9-32-10-8-28/h2-6,11-17,30H,7-10H2,1H3/t17-/m1/s1. The summed E-state index contributed by atoms with van der Waals surface area (Å²) in [7, 11) is 0. The molecule has 0 radical (unpaired) electrons. The van der Waals surface area contributed by atoms with Gasteiger partial charge in [-0.3, -0.25) is 14.3 Å². The van der Waals surface area contributed by atoms with Gasteiger partial charge in [-0.05, 0) is 48.4 Å². The number of aromatic nitrogens is 3. The number of nitrogens with zero attached hydrogens (tertiary/aromatic N) is 4. The summed E-state index contributed by atoms with van der Waals surface area (Å²) in [4.78, 5) is 23.5. The van der Waals surface area contributed by atoms with Gasteiger partial charge in [-0.1, -0.05) is 18.2 Å². The first-order valence-electron chi connectivity index (χ1n) is 10.7. The van der Waals surface area contributed by atoms with E-state index in [4.69, 9.17) is 4.74 Å². The maximum Gasteiger partial charge on any atom is 0.255 e. The summed E-state index contributed by atoms with van der Waals surface area (Å²) in [6.45, 7) is 4.08. The average Bonchev–Trinajstić information content (AvgIpc) is 3.27. The van der Waals surface area contributed by atoms with Crippen LogP contribution in [-0.2, 0) is 4.74 Å². The van der Waals surface area contributed by atoms with E-state index in [1.165, 1.54) is 0 Å². The van der Waals surface area contributed by atoms with Crippen molar-refractivity contribution in [2.24, 2.45) is 0 Å². The monoisotopic (exact) mass is 428 g/mol. The topological polar surface area (TPSA) is 80.5 Å². The van der Waals surface area contributed by atoms with Crippen LogP contribution in [0.2, 0.25) is 0 Å². The number of benzene rings is 2. The van der Waals surface area contributed by atoms with Crippen molar-refractivity contribution < 1.29 is 14.6 Å². The van der Waals surface area contributed by atoms with E-state index in [0.29, 0.717) is 31.9 Å². The van der Waals surface area contributed by atoms with Gasteiger partial charge in [0.2, 0.25) is 0 Å². The van der Waals surface area contributed by atoms with Crippen molar-refractivity contribution in [2.45, 2.75) is 13.0 Å². The van der Waals surface area contributed by atoms with Crippen LogP contribution >= 0.6 is 0 Å². The Kier molecular flexibility index (Phi) is 5.43. The van der Waals surface area contributed by atoms with Gasteiger partial charge in [-0.15, -0.1) is 0 Å². The number of imidazole rings is 1. The molecule has 7 nitrogen and oxygen atoms in total. The van der Waals surface area contributed by atoms with Gasteiger partial charge in [-0.2, -0.15) is 0 Å². The second-order valence-corrected chi connectivity index (χ2v) is 7.96. The molecule has 5 rings (SSSR count). The molecule has 0 bridgehead atoms. The minimum absolute atomic E-state index is 0.0201. The van der Waals surface area contributed by atoms with E-state index in [9.17, 15) is 9.90 Å². The average molecular weight is 428 g/mol. The molecule has 0 aliphatic carbocycles. The number of hydrogen-bond acceptors (Lipinski definition) is 5. The zero-order chi connectivity index (χ0) is 22.1. The molecular weight excluding hydrogens is 404 g/mol. The number of carbonyl (C=O) groups excluding carboxylic acids is 1. The number of morpholine rings is 1. The maximum absolute atomic E-state index is 12.9. The summed E-state index contributed by atoms with van der Waals surface area (Å²) < 4.78 is 7.36. The highest BCUT2D eigenvalue weighted by Gasteiger charge is 2.19. The van der Waals surface area contributed by atoms with Crippen molar-refractivity contribution in [1.82, 2.24) is 19.4 Å². The quantitative estimate of drug-likeness (QED) is 0.537. The first-order chi connectivity index (χ1) is 15.6. The summed E-state index contributed by atoms with van der Waals surface area (Å²) in [5.74, 6) is -0.0201. The van der Waals surface area contributed by atoms with E-state index in [1.54, 1.807) is 30.5 Å². The van der Waals surface area contributed by atoms with Gasteiger partial charge in [0.1, 0.15) is 6.33 Å². The molecule has 1 aliphatic heterocycles. The van der Waals surface area contributed by atoms with Crippen molar-refractivity contribution in [2.75, 3.05) is 26.3 Å². The lowest BCUT2D eigenvalue weighted by molar-refractivity contribution is 0.0302. The normalized spacial score (nSPS) is 15.1. The van der Waals surface area contributed by atoms with Gasteiger partial charge in [0.15, 0.2) is 0 Å². The van der Waals surface area contributed by atoms with Gasteiger partial charge < -0.3 is 14.7 Å². The summed E-state index contributed by atoms with van der Waals surface area (Å²) in [5, 5.41) is 9.84. The predicted octanol–water partition coefficient (Wildman–Crippen LogP) is 3.61. The van der Waals surface area contributed by atoms with Crippen molar-refractivity contribution in [3.63, 3.8) is 0 Å². The number of hydrogen-bond donors (Lipinski definition) is 1. The second kappa shape index (κ2) is 8.53. The Balaban J connectivity index is 1.47. The first-order valence-corrected chi connectivity index (χ1v) is 10.7. The molecule has 2 aromatic heterocycles. The van der Waals surface area contributed by atoms with Crippen LogP contribution in [-0.4, -0.2) is 56.8 Å². The number of amides is 1. The molecule has 32 heavy (non-hydrogen) atoms. The molecule has 1 atom stereocenters. The van der Waals surface area contributed by atoms with Crippen LogP contribution < -0.4 is 0 Å². The molecule has 1 aliphatic rings. The first kappa shape index (κ1) is 20.4. The molecule has 162 valence electrons. The number of carbonyl (C=O) groups is 1. The Hall–Kier alpha value is -3.55. The lowest BCUT2D eigenvalue weighted by Crippen LogP contribution is -2.40. The van der Waals surface area contributed by atoms with E-state index in [-0.39, 0.29) is 5.91 Å². The van der Waals surface area contributed by atoms with Gasteiger partial charge >= 0.3 is 0 Å². The third kappa shape index (κ3) is 3.88. The minimum atomic E-state index is -0.534. The van der Waals surface area contributed by atoms with Crippen LogP contribution in [0.25, 0.3) is 27.8 Å². The SMILES string of the molecule is C[C@@H](O)c1ccc2c(c1)ncn2-c1cccc(-c2cncc(C(=O)N3CCOCC3)c2)c1. The fourth-order valence-corrected chi connectivity index (χ4v) is 3.99. The molecule has 7 heteroatoms. The Morgan fingerprint density at radius 1 is 1.06 bits per heavy atom. The molecule has 2 aromatic carbocycles. The number of aliphatic hydroxyl groups is 1. The highest BCUT2D eigenvalue weighted by atomic mass is 16.5. The molecule has 0 saturated carbocycles. The number of rotatable bonds is 4. The molecule has 0 unspecified atom stereocenters. The summed E-state index contributed by atoms with van der Waals surface area (Å²) >= 11 is 0. The molecule has 1 amide bonds. The molecule has 1 saturated heterocycles. The smallest absolute Gasteiger partial charge is 0.255 e. The maximum atomic E-state index is 12.9. The fraction of sp³-hybridized carbons (Fsp3) is 0.240. The molecule has 1 fully saturated rings. The summed E-state index contributed by atoms with van der Waals surface area (Å²) in [6.07, 6.45) is 4.64. The van der Waals surface area contributed by atoms with Gasteiger partial charge in [0.25, 0.3) is 5.91 Å². The molecule has 4 aromatic rings. The Labute approximate surface area is 185 Å². The van der Waals surface area contributed by atoms with E-state index < -0.39 is 6.10 Å². The van der Waals surface area contributed by atoms with Crippen LogP contribution in [0.3, 0.4) is 0 Å². The third-order valence-electron chi connectivity index (χ3n) is 5.79. The van der Waals surface area contributed by atoms with Gasteiger partial charge in [0, 0.05) is 36.7 Å². The zero-order valence-corrected chi connectivity index (χ0v) is 17.8. The molecule has 3 heterocycles. The second-order valence-electron chi connectivity index (χ2n) is 7.96. The fourth-order valence-electron chi connectivity index (χ4n) is 3.99. The number of fused-ring (bicyclic) bond motifs is 1. The Bertz CT molecular complexity index is 1280. The Morgan fingerprint density at radius 2 is 1.91 bits per heavy atom. The summed E-state index contributed by atoms with van der Waals surface area (Å²) in [5.41, 5.74) is 6.01. The van der Waals surface area contributed by atoms with Gasteiger partial charge in [-0.25, -0.2) is 4.98 Å². The van der Waals surface area contributed by atoms with E-state index in [0.717, 1.165) is 33.4 Å². The lowest BCUT2D eigenvalue weighted by Gasteiger charge is -2.26. The number of ether oxygens (including phenoxy) is 1. The molecular formula is C25H24N4O3. The van der Waals surface area contributed by atoms with E-state index in [1.807, 2.05) is 47.0 Å². The van der Waals surface area contributed by atoms with Crippen LogP contribution in [0.1, 0.15) is 28.9 Å². The summed E-state index contributed by atoms with van der Waals surface area (Å²) in [6, 6.07) is 15.8. The van der Waals surface area contributed by atoms with Crippen molar-refractivity contribution >= 4 is 16.9 Å². The van der Waals surface area contributed by atoms with Crippen molar-refractivity contribution in [1.29, 1.82) is 0 Å². The van der Waals surface area contributed by atoms with E-state index >= 15 is 0 Å². The Morgan fingerprint density at radius 3 is 2.72 bits per heavy atom. The highest BCUT2D eigenvalue weighted by Crippen LogP contribution is 2.26. The molecule has 0 spiro atoms. The number of pyridine rings is 1. The zero-order valence-electron chi connectivity index (χ0n) is 17.8. The van der Waals surface area contributed by atoms with Crippen LogP contribution in [0, 0.1) is 0 Å². The van der Waals surface area contributed by atoms with Gasteiger partial charge in [0.05, 0.1) is 35.9 Å². The third-order valence-corrected chi connectivity index (χ3v) is 5.79. The predicted molar refractivity (Wildman–Crippen MR) is 122 cm³/mol. The highest BCUT2D eigenvalue weighted by molar-refractivity contribution is 5.95. The lowest BCUT2D eigenvalue weighted by atomic mass is 10.0. The minimum Gasteiger partial charge on any atom is -0.389 e. The molecule has 1 N–H and O–H groups in total. The van der Waals surface area contributed by atoms with Crippen LogP contribution in [0.4, 0.5) is 0 Å². The van der Waals surface area contributed by atoms with Crippen LogP contribution in [0.15, 0.2) is 67.3 Å². The van der Waals surface area contributed by atoms with Crippen molar-refractivity contribution in [3.05, 3.63) is 78.4 Å². The largest absolute Gasteiger partial charge is 0.389 e. The number of aliphatic hydroxyl groups excluding tert-OH is 1. The van der Waals surface area contributed by atoms with Crippen LogP contribution in [0.5, 0.6) is 0 Å².